The molecule has 2 heteroatoms. The van der Waals surface area contributed by atoms with Gasteiger partial charge in [0.15, 0.2) is 17.1 Å². The van der Waals surface area contributed by atoms with Crippen molar-refractivity contribution in [3.63, 3.8) is 0 Å². The van der Waals surface area contributed by atoms with Crippen molar-refractivity contribution in [3.05, 3.63) is 146 Å². The van der Waals surface area contributed by atoms with E-state index in [9.17, 15) is 0 Å². The molecule has 1 radical (unpaired) electrons. The predicted octanol–water partition coefficient (Wildman–Crippen LogP) is 8.59. The van der Waals surface area contributed by atoms with Gasteiger partial charge >= 0.3 is 0 Å². The number of benzene rings is 5. The maximum Gasteiger partial charge on any atom is 0.192 e. The highest BCUT2D eigenvalue weighted by molar-refractivity contribution is 5.77. The van der Waals surface area contributed by atoms with Crippen molar-refractivity contribution in [2.45, 2.75) is 0 Å². The fourth-order valence-electron chi connectivity index (χ4n) is 3.95. The molecule has 153 valence electrons. The first-order chi connectivity index (χ1) is 15.9. The molecule has 2 nitrogen and oxygen atoms in total. The van der Waals surface area contributed by atoms with Crippen molar-refractivity contribution >= 4 is 34.1 Å². The zero-order valence-electron chi connectivity index (χ0n) is 17.8. The first-order valence-electron chi connectivity index (χ1n) is 10.8. The normalized spacial score (nSPS) is 10.8. The minimum absolute atomic E-state index is 1.12. The lowest BCUT2D eigenvalue weighted by atomic mass is 10.1. The second kappa shape index (κ2) is 9.34. The van der Waals surface area contributed by atoms with Gasteiger partial charge in [-0.05, 0) is 36.4 Å². The molecule has 0 bridgehead atoms. The van der Waals surface area contributed by atoms with Gasteiger partial charge in [-0.2, -0.15) is 0 Å². The van der Waals surface area contributed by atoms with Gasteiger partial charge in [0.1, 0.15) is 0 Å². The van der Waals surface area contributed by atoms with Crippen LogP contribution in [0.4, 0.5) is 34.1 Å². The van der Waals surface area contributed by atoms with Crippen LogP contribution in [-0.2, 0) is 0 Å². The Morgan fingerprint density at radius 3 is 1.03 bits per heavy atom. The first-order valence-corrected chi connectivity index (χ1v) is 10.8. The Hall–Kier alpha value is -4.14. The molecule has 0 saturated heterocycles. The Bertz CT molecular complexity index is 1060. The average Bonchev–Trinajstić information content (AvgIpc) is 2.88. The lowest BCUT2D eigenvalue weighted by Gasteiger charge is -2.25. The number of hydrogen-bond acceptors (Lipinski definition) is 2. The summed E-state index contributed by atoms with van der Waals surface area (Å²) in [5.41, 5.74) is 6.77. The van der Waals surface area contributed by atoms with E-state index < -0.39 is 0 Å². The molecule has 0 atom stereocenters. The highest BCUT2D eigenvalue weighted by Crippen LogP contribution is 2.38. The van der Waals surface area contributed by atoms with E-state index in [1.807, 2.05) is 24.3 Å². The van der Waals surface area contributed by atoms with Crippen molar-refractivity contribution in [1.82, 2.24) is 4.90 Å². The molecule has 0 unspecified atom stereocenters. The molecule has 0 aliphatic rings. The van der Waals surface area contributed by atoms with Crippen LogP contribution in [0, 0.1) is 0 Å². The van der Waals surface area contributed by atoms with Crippen LogP contribution in [0.2, 0.25) is 0 Å². The molecular weight excluding hydrogens is 388 g/mol. The van der Waals surface area contributed by atoms with E-state index in [1.165, 1.54) is 0 Å². The smallest absolute Gasteiger partial charge is 0.192 e. The number of nitrogens with zero attached hydrogens (tertiary/aromatic N) is 2. The molecule has 0 heterocycles. The third kappa shape index (κ3) is 4.18. The molecule has 5 aromatic carbocycles. The summed E-state index contributed by atoms with van der Waals surface area (Å²) in [6.45, 7) is 0. The summed E-state index contributed by atoms with van der Waals surface area (Å²) in [5, 5.41) is 0. The van der Waals surface area contributed by atoms with Crippen LogP contribution in [0.1, 0.15) is 0 Å². The number of rotatable bonds is 6. The van der Waals surface area contributed by atoms with E-state index in [0.717, 1.165) is 34.1 Å². The van der Waals surface area contributed by atoms with E-state index in [0.29, 0.717) is 0 Å². The lowest BCUT2D eigenvalue weighted by molar-refractivity contribution is 0.931. The molecule has 32 heavy (non-hydrogen) atoms. The summed E-state index contributed by atoms with van der Waals surface area (Å²) < 4.78 is 0. The van der Waals surface area contributed by atoms with E-state index in [4.69, 9.17) is 0 Å². The van der Waals surface area contributed by atoms with E-state index in [2.05, 4.69) is 131 Å². The molecule has 0 fully saturated rings. The van der Waals surface area contributed by atoms with Crippen LogP contribution in [0.3, 0.4) is 0 Å². The van der Waals surface area contributed by atoms with Gasteiger partial charge in [0, 0.05) is 53.5 Å². The molecule has 0 saturated carbocycles. The molecule has 0 aliphatic heterocycles. The Kier molecular flexibility index (Phi) is 5.78. The zero-order valence-corrected chi connectivity index (χ0v) is 17.8. The van der Waals surface area contributed by atoms with Gasteiger partial charge in [-0.15, -0.1) is 0 Å². The Balaban J connectivity index is 1.57. The van der Waals surface area contributed by atoms with Crippen LogP contribution >= 0.6 is 0 Å². The van der Waals surface area contributed by atoms with E-state index in [-0.39, 0.29) is 0 Å². The van der Waals surface area contributed by atoms with Crippen LogP contribution in [0.5, 0.6) is 0 Å². The van der Waals surface area contributed by atoms with Crippen molar-refractivity contribution < 1.29 is 0 Å². The largest absolute Gasteiger partial charge is 0.310 e. The summed E-state index contributed by atoms with van der Waals surface area (Å²) in [7, 11) is 0. The maximum absolute atomic E-state index is 2.28. The Morgan fingerprint density at radius 1 is 0.312 bits per heavy atom. The minimum atomic E-state index is 1.12. The van der Waals surface area contributed by atoms with Gasteiger partial charge < -0.3 is 4.90 Å². The molecule has 0 spiro atoms. The minimum Gasteiger partial charge on any atom is -0.310 e. The van der Waals surface area contributed by atoms with Crippen LogP contribution in [-0.4, -0.2) is 0 Å². The third-order valence-corrected chi connectivity index (χ3v) is 5.42. The number of para-hydroxylation sites is 4. The molecule has 5 rings (SSSR count). The summed E-state index contributed by atoms with van der Waals surface area (Å²) in [5.74, 6) is 0. The van der Waals surface area contributed by atoms with Crippen molar-refractivity contribution in [3.8, 4) is 0 Å². The quantitative estimate of drug-likeness (QED) is 0.254. The van der Waals surface area contributed by atoms with Crippen molar-refractivity contribution in [1.29, 1.82) is 0 Å². The van der Waals surface area contributed by atoms with Crippen molar-refractivity contribution in [2.24, 2.45) is 0 Å². The van der Waals surface area contributed by atoms with Crippen LogP contribution in [0.25, 0.3) is 0 Å². The SMILES string of the molecule is c1ccc(N(c2ccccc2)c2ccc([N+](c3ccccc3)c3ccccc3)cc2)cc1. The highest BCUT2D eigenvalue weighted by atomic mass is 15.2. The van der Waals surface area contributed by atoms with Gasteiger partial charge in [0.2, 0.25) is 0 Å². The van der Waals surface area contributed by atoms with Gasteiger partial charge in [0.05, 0.1) is 0 Å². The summed E-state index contributed by atoms with van der Waals surface area (Å²) in [4.78, 5) is 4.55. The predicted molar refractivity (Wildman–Crippen MR) is 135 cm³/mol. The summed E-state index contributed by atoms with van der Waals surface area (Å²) in [6.07, 6.45) is 0. The summed E-state index contributed by atoms with van der Waals surface area (Å²) in [6, 6.07) is 50.7. The van der Waals surface area contributed by atoms with E-state index in [1.54, 1.807) is 0 Å². The first kappa shape index (κ1) is 19.8. The molecule has 5 aromatic rings. The number of hydrogen-bond donors (Lipinski definition) is 0. The standard InChI is InChI=1S/C30H24N2/c1-5-13-25(14-6-1)31(26-15-7-2-8-16-26)29-21-23-30(24-22-29)32(27-17-9-3-10-18-27)28-19-11-4-12-20-28/h1-24H/q+1. The molecule has 0 aromatic heterocycles. The lowest BCUT2D eigenvalue weighted by Crippen LogP contribution is -2.12. The Labute approximate surface area is 189 Å². The molecule has 0 N–H and O–H groups in total. The average molecular weight is 413 g/mol. The highest BCUT2D eigenvalue weighted by Gasteiger charge is 2.25. The van der Waals surface area contributed by atoms with Crippen LogP contribution in [0.15, 0.2) is 146 Å². The fraction of sp³-hybridized carbons (Fsp3) is 0. The fourth-order valence-corrected chi connectivity index (χ4v) is 3.95. The summed E-state index contributed by atoms with van der Waals surface area (Å²) >= 11 is 0. The second-order valence-corrected chi connectivity index (χ2v) is 7.53. The van der Waals surface area contributed by atoms with Gasteiger partial charge in [-0.3, -0.25) is 0 Å². The van der Waals surface area contributed by atoms with Crippen molar-refractivity contribution in [2.75, 3.05) is 4.90 Å². The third-order valence-electron chi connectivity index (χ3n) is 5.42. The Morgan fingerprint density at radius 2 is 0.625 bits per heavy atom. The second-order valence-electron chi connectivity index (χ2n) is 7.53. The topological polar surface area (TPSA) is 9.14 Å². The monoisotopic (exact) mass is 412 g/mol. The van der Waals surface area contributed by atoms with E-state index >= 15 is 0 Å². The van der Waals surface area contributed by atoms with Gasteiger partial charge in [-0.25, -0.2) is 0 Å². The number of anilines is 6. The van der Waals surface area contributed by atoms with Crippen LogP contribution < -0.4 is 9.80 Å². The maximum atomic E-state index is 2.28. The van der Waals surface area contributed by atoms with Gasteiger partial charge in [-0.1, -0.05) is 77.7 Å². The zero-order chi connectivity index (χ0) is 21.6. The molecule has 0 amide bonds. The molecular formula is C30H24N2+. The van der Waals surface area contributed by atoms with Gasteiger partial charge in [0.25, 0.3) is 0 Å². The molecule has 0 aliphatic carbocycles.